The summed E-state index contributed by atoms with van der Waals surface area (Å²) in [6.07, 6.45) is 9.53. The van der Waals surface area contributed by atoms with Crippen molar-refractivity contribution in [2.24, 2.45) is 0 Å². The Morgan fingerprint density at radius 3 is 1.53 bits per heavy atom. The zero-order chi connectivity index (χ0) is 14.8. The average Bonchev–Trinajstić information content (AvgIpc) is 2.41. The van der Waals surface area contributed by atoms with E-state index >= 15 is 0 Å². The number of carbonyl (C=O) groups is 1. The quantitative estimate of drug-likeness (QED) is 0.406. The molecule has 0 amide bonds. The van der Waals surface area contributed by atoms with Gasteiger partial charge in [-0.3, -0.25) is 0 Å². The van der Waals surface area contributed by atoms with Crippen LogP contribution in [0.1, 0.15) is 59.3 Å². The molecule has 0 heterocycles. The summed E-state index contributed by atoms with van der Waals surface area (Å²) in [6.45, 7) is 6.43. The summed E-state index contributed by atoms with van der Waals surface area (Å²) in [5, 5.41) is 0. The third-order valence-electron chi connectivity index (χ3n) is 3.95. The van der Waals surface area contributed by atoms with Gasteiger partial charge in [-0.2, -0.15) is 0 Å². The van der Waals surface area contributed by atoms with Crippen LogP contribution in [0.2, 0.25) is 0 Å². The zero-order valence-corrected chi connectivity index (χ0v) is 14.4. The number of hydrogen-bond donors (Lipinski definition) is 0. The number of rotatable bonds is 10. The summed E-state index contributed by atoms with van der Waals surface area (Å²) in [5.41, 5.74) is 0. The second-order valence-electron chi connectivity index (χ2n) is 5.97. The molecule has 0 aromatic heterocycles. The van der Waals surface area contributed by atoms with Gasteiger partial charge in [0.2, 0.25) is 0 Å². The van der Waals surface area contributed by atoms with E-state index in [0.717, 1.165) is 57.0 Å². The Labute approximate surface area is 119 Å². The van der Waals surface area contributed by atoms with Crippen molar-refractivity contribution in [1.29, 1.82) is 0 Å². The fourth-order valence-electron chi connectivity index (χ4n) is 2.56. The predicted octanol–water partition coefficient (Wildman–Crippen LogP) is 5.27. The Hall–Kier alpha value is -0.300. The first-order valence-corrected chi connectivity index (χ1v) is 10.9. The van der Waals surface area contributed by atoms with Crippen molar-refractivity contribution >= 4 is 13.0 Å². The normalized spacial score (nSPS) is 13.6. The van der Waals surface area contributed by atoms with Crippen molar-refractivity contribution in [3.05, 3.63) is 0 Å². The monoisotopic (exact) mass is 292 g/mol. The van der Waals surface area contributed by atoms with Crippen molar-refractivity contribution in [3.8, 4) is 0 Å². The van der Waals surface area contributed by atoms with Crippen molar-refractivity contribution in [3.63, 3.8) is 0 Å². The van der Waals surface area contributed by atoms with Crippen molar-refractivity contribution in [1.82, 2.24) is 0 Å². The molecule has 0 unspecified atom stereocenters. The van der Waals surface area contributed by atoms with Crippen LogP contribution < -0.4 is 0 Å². The van der Waals surface area contributed by atoms with Gasteiger partial charge in [0.1, 0.15) is 0 Å². The van der Waals surface area contributed by atoms with Gasteiger partial charge in [-0.15, -0.1) is 0 Å². The number of ether oxygens (including phenoxy) is 1. The van der Waals surface area contributed by atoms with Crippen LogP contribution in [-0.2, 0) is 9.26 Å². The first-order chi connectivity index (χ1) is 8.93. The molecular weight excluding hydrogens is 259 g/mol. The van der Waals surface area contributed by atoms with Gasteiger partial charge < -0.3 is 0 Å². The topological polar surface area (TPSA) is 35.5 Å². The van der Waals surface area contributed by atoms with Crippen LogP contribution in [0.15, 0.2) is 0 Å². The molecular formula is C15H33O3P. The second kappa shape index (κ2) is 8.79. The molecule has 0 aromatic carbocycles. The summed E-state index contributed by atoms with van der Waals surface area (Å²) >= 11 is 0. The van der Waals surface area contributed by atoms with E-state index in [1.165, 1.54) is 7.11 Å². The van der Waals surface area contributed by atoms with Crippen LogP contribution in [0.3, 0.4) is 0 Å². The maximum atomic E-state index is 11.7. The molecule has 0 fully saturated rings. The predicted molar refractivity (Wildman–Crippen MR) is 85.7 cm³/mol. The molecule has 116 valence electrons. The van der Waals surface area contributed by atoms with E-state index in [-0.39, 0.29) is 0 Å². The standard InChI is InChI=1S/C15H33O3P/c1-6-9-12-19(5,13-10-7-2,14-11-8-3)18-15(16)17-4/h6-14H2,1-5H3. The van der Waals surface area contributed by atoms with Gasteiger partial charge >= 0.3 is 119 Å². The molecule has 0 aliphatic heterocycles. The first-order valence-electron chi connectivity index (χ1n) is 7.72. The molecule has 0 aliphatic rings. The van der Waals surface area contributed by atoms with Crippen molar-refractivity contribution in [2.75, 3.05) is 32.3 Å². The molecule has 0 rings (SSSR count). The molecule has 3 nitrogen and oxygen atoms in total. The minimum absolute atomic E-state index is 0.483. The zero-order valence-electron chi connectivity index (χ0n) is 13.5. The summed E-state index contributed by atoms with van der Waals surface area (Å²) < 4.78 is 10.7. The van der Waals surface area contributed by atoms with Gasteiger partial charge in [-0.25, -0.2) is 0 Å². The SMILES string of the molecule is CCCCP(C)(CCCC)(CCCC)OC(=O)OC. The van der Waals surface area contributed by atoms with Crippen molar-refractivity contribution < 1.29 is 14.1 Å². The van der Waals surface area contributed by atoms with Crippen LogP contribution in [0, 0.1) is 0 Å². The van der Waals surface area contributed by atoms with E-state index < -0.39 is 13.0 Å². The van der Waals surface area contributed by atoms with E-state index in [2.05, 4.69) is 27.4 Å². The van der Waals surface area contributed by atoms with Crippen LogP contribution in [0.4, 0.5) is 4.79 Å². The van der Waals surface area contributed by atoms with Crippen LogP contribution in [0.5, 0.6) is 0 Å². The van der Waals surface area contributed by atoms with Crippen molar-refractivity contribution in [2.45, 2.75) is 59.3 Å². The van der Waals surface area contributed by atoms with E-state index in [1.54, 1.807) is 0 Å². The number of methoxy groups -OCH3 is 1. The van der Waals surface area contributed by atoms with Crippen LogP contribution >= 0.6 is 6.83 Å². The number of hydrogen-bond acceptors (Lipinski definition) is 3. The molecule has 0 bridgehead atoms. The number of carbonyl (C=O) groups excluding carboxylic acids is 1. The fraction of sp³-hybridized carbons (Fsp3) is 0.933. The van der Waals surface area contributed by atoms with E-state index in [4.69, 9.17) is 9.26 Å². The summed E-state index contributed by atoms with van der Waals surface area (Å²) in [4.78, 5) is 11.7. The minimum atomic E-state index is -2.40. The third kappa shape index (κ3) is 6.61. The van der Waals surface area contributed by atoms with Gasteiger partial charge in [-0.05, 0) is 0 Å². The molecule has 19 heavy (non-hydrogen) atoms. The molecule has 0 atom stereocenters. The molecule has 4 heteroatoms. The molecule has 0 radical (unpaired) electrons. The third-order valence-corrected chi connectivity index (χ3v) is 9.41. The maximum absolute atomic E-state index is 11.7. The summed E-state index contributed by atoms with van der Waals surface area (Å²) in [6, 6.07) is 0. The Morgan fingerprint density at radius 2 is 1.26 bits per heavy atom. The average molecular weight is 292 g/mol. The fourth-order valence-corrected chi connectivity index (χ4v) is 7.67. The Bertz CT molecular complexity index is 242. The second-order valence-corrected chi connectivity index (χ2v) is 11.9. The van der Waals surface area contributed by atoms with Gasteiger partial charge in [0.25, 0.3) is 0 Å². The Morgan fingerprint density at radius 1 is 0.895 bits per heavy atom. The molecule has 0 N–H and O–H groups in total. The molecule has 0 aliphatic carbocycles. The summed E-state index contributed by atoms with van der Waals surface area (Å²) in [7, 11) is 1.41. The van der Waals surface area contributed by atoms with E-state index in [0.29, 0.717) is 0 Å². The van der Waals surface area contributed by atoms with Gasteiger partial charge in [0.05, 0.1) is 0 Å². The Kier molecular flexibility index (Phi) is 8.65. The van der Waals surface area contributed by atoms with Crippen LogP contribution in [-0.4, -0.2) is 38.4 Å². The molecule has 0 saturated heterocycles. The van der Waals surface area contributed by atoms with Gasteiger partial charge in [-0.1, -0.05) is 0 Å². The first kappa shape index (κ1) is 18.7. The van der Waals surface area contributed by atoms with E-state index in [1.807, 2.05) is 0 Å². The molecule has 0 spiro atoms. The van der Waals surface area contributed by atoms with Crippen LogP contribution in [0.25, 0.3) is 0 Å². The van der Waals surface area contributed by atoms with E-state index in [9.17, 15) is 4.79 Å². The number of unbranched alkanes of at least 4 members (excludes halogenated alkanes) is 3. The van der Waals surface area contributed by atoms with Gasteiger partial charge in [0.15, 0.2) is 0 Å². The molecule has 0 aromatic rings. The van der Waals surface area contributed by atoms with Gasteiger partial charge in [0, 0.05) is 0 Å². The molecule has 0 saturated carbocycles. The Balaban J connectivity index is 5.09. The summed E-state index contributed by atoms with van der Waals surface area (Å²) in [5.74, 6) is 0.